The van der Waals surface area contributed by atoms with Crippen LogP contribution in [0.3, 0.4) is 0 Å². The van der Waals surface area contributed by atoms with Gasteiger partial charge in [0.1, 0.15) is 5.82 Å². The standard InChI is InChI=1S/C19H20F3N3O/c20-19(21,22)15-7-3-4-8-16(15)24-18(26)14-9-10-17(23-13-14)25-11-5-1-2-6-12-25/h3-4,7-10,13H,1-2,5-6,11-12H2,(H,24,26). The van der Waals surface area contributed by atoms with Crippen LogP contribution in [0, 0.1) is 0 Å². The molecule has 0 spiro atoms. The molecule has 1 aromatic heterocycles. The van der Waals surface area contributed by atoms with Crippen LogP contribution in [-0.2, 0) is 6.18 Å². The molecular formula is C19H20F3N3O. The van der Waals surface area contributed by atoms with E-state index in [0.717, 1.165) is 37.8 Å². The number of hydrogen-bond acceptors (Lipinski definition) is 3. The first-order valence-corrected chi connectivity index (χ1v) is 8.64. The van der Waals surface area contributed by atoms with Gasteiger partial charge in [-0.25, -0.2) is 4.98 Å². The molecule has 1 aliphatic rings. The number of amides is 1. The van der Waals surface area contributed by atoms with Gasteiger partial charge in [0.05, 0.1) is 16.8 Å². The van der Waals surface area contributed by atoms with Gasteiger partial charge in [-0.2, -0.15) is 13.2 Å². The smallest absolute Gasteiger partial charge is 0.357 e. The number of aromatic nitrogens is 1. The van der Waals surface area contributed by atoms with E-state index in [9.17, 15) is 18.0 Å². The summed E-state index contributed by atoms with van der Waals surface area (Å²) in [5, 5.41) is 2.33. The third kappa shape index (κ3) is 4.33. The minimum absolute atomic E-state index is 0.223. The zero-order chi connectivity index (χ0) is 18.6. The molecule has 0 atom stereocenters. The van der Waals surface area contributed by atoms with Gasteiger partial charge < -0.3 is 10.2 Å². The summed E-state index contributed by atoms with van der Waals surface area (Å²) in [6, 6.07) is 8.26. The van der Waals surface area contributed by atoms with Gasteiger partial charge in [0.15, 0.2) is 0 Å². The zero-order valence-electron chi connectivity index (χ0n) is 14.2. The summed E-state index contributed by atoms with van der Waals surface area (Å²) >= 11 is 0. The lowest BCUT2D eigenvalue weighted by Gasteiger charge is -2.21. The van der Waals surface area contributed by atoms with E-state index in [1.54, 1.807) is 12.1 Å². The Balaban J connectivity index is 1.73. The molecule has 3 rings (SSSR count). The molecule has 1 fully saturated rings. The summed E-state index contributed by atoms with van der Waals surface area (Å²) in [7, 11) is 0. The highest BCUT2D eigenvalue weighted by atomic mass is 19.4. The van der Waals surface area contributed by atoms with Crippen LogP contribution in [0.25, 0.3) is 0 Å². The van der Waals surface area contributed by atoms with E-state index in [1.165, 1.54) is 37.2 Å². The Morgan fingerprint density at radius 2 is 1.69 bits per heavy atom. The number of benzene rings is 1. The number of carbonyl (C=O) groups excluding carboxylic acids is 1. The normalized spacial score (nSPS) is 15.4. The Bertz CT molecular complexity index is 751. The van der Waals surface area contributed by atoms with Crippen molar-refractivity contribution in [3.63, 3.8) is 0 Å². The molecule has 7 heteroatoms. The quantitative estimate of drug-likeness (QED) is 0.857. The van der Waals surface area contributed by atoms with Gasteiger partial charge in [-0.3, -0.25) is 4.79 Å². The largest absolute Gasteiger partial charge is 0.418 e. The molecule has 1 amide bonds. The number of para-hydroxylation sites is 1. The highest BCUT2D eigenvalue weighted by Crippen LogP contribution is 2.34. The molecule has 2 heterocycles. The van der Waals surface area contributed by atoms with Crippen LogP contribution in [0.15, 0.2) is 42.6 Å². The minimum Gasteiger partial charge on any atom is -0.357 e. The van der Waals surface area contributed by atoms with Gasteiger partial charge in [-0.05, 0) is 37.1 Å². The number of rotatable bonds is 3. The maximum absolute atomic E-state index is 13.0. The van der Waals surface area contributed by atoms with Crippen molar-refractivity contribution in [2.45, 2.75) is 31.9 Å². The van der Waals surface area contributed by atoms with Crippen molar-refractivity contribution in [1.82, 2.24) is 4.98 Å². The number of carbonyl (C=O) groups is 1. The Morgan fingerprint density at radius 3 is 2.31 bits per heavy atom. The molecule has 1 aliphatic heterocycles. The molecule has 0 aliphatic carbocycles. The molecule has 2 aromatic rings. The van der Waals surface area contributed by atoms with Crippen LogP contribution in [0.2, 0.25) is 0 Å². The van der Waals surface area contributed by atoms with Crippen molar-refractivity contribution in [2.75, 3.05) is 23.3 Å². The molecule has 0 bridgehead atoms. The van der Waals surface area contributed by atoms with Gasteiger partial charge in [-0.1, -0.05) is 25.0 Å². The second-order valence-electron chi connectivity index (χ2n) is 6.30. The lowest BCUT2D eigenvalue weighted by molar-refractivity contribution is -0.136. The van der Waals surface area contributed by atoms with Crippen molar-refractivity contribution < 1.29 is 18.0 Å². The number of anilines is 2. The maximum atomic E-state index is 13.0. The fraction of sp³-hybridized carbons (Fsp3) is 0.368. The molecule has 0 radical (unpaired) electrons. The minimum atomic E-state index is -4.53. The molecular weight excluding hydrogens is 343 g/mol. The zero-order valence-corrected chi connectivity index (χ0v) is 14.2. The fourth-order valence-electron chi connectivity index (χ4n) is 3.04. The molecule has 0 saturated carbocycles. The first kappa shape index (κ1) is 18.2. The Labute approximate surface area is 150 Å². The van der Waals surface area contributed by atoms with E-state index in [0.29, 0.717) is 0 Å². The van der Waals surface area contributed by atoms with Crippen LogP contribution in [-0.4, -0.2) is 24.0 Å². The Morgan fingerprint density at radius 1 is 1.00 bits per heavy atom. The predicted octanol–water partition coefficient (Wildman–Crippen LogP) is 4.73. The van der Waals surface area contributed by atoms with E-state index in [2.05, 4.69) is 15.2 Å². The fourth-order valence-corrected chi connectivity index (χ4v) is 3.04. The highest BCUT2D eigenvalue weighted by Gasteiger charge is 2.33. The van der Waals surface area contributed by atoms with Crippen LogP contribution in [0.4, 0.5) is 24.7 Å². The van der Waals surface area contributed by atoms with Crippen molar-refractivity contribution in [1.29, 1.82) is 0 Å². The highest BCUT2D eigenvalue weighted by molar-refractivity contribution is 6.04. The van der Waals surface area contributed by atoms with E-state index in [1.807, 2.05) is 0 Å². The van der Waals surface area contributed by atoms with Gasteiger partial charge in [-0.15, -0.1) is 0 Å². The number of nitrogens with zero attached hydrogens (tertiary/aromatic N) is 2. The summed E-state index contributed by atoms with van der Waals surface area (Å²) in [6.07, 6.45) is 1.51. The average molecular weight is 363 g/mol. The summed E-state index contributed by atoms with van der Waals surface area (Å²) < 4.78 is 39.1. The summed E-state index contributed by atoms with van der Waals surface area (Å²) in [5.74, 6) is 0.177. The monoisotopic (exact) mass is 363 g/mol. The molecule has 1 saturated heterocycles. The number of alkyl halides is 3. The van der Waals surface area contributed by atoms with E-state index >= 15 is 0 Å². The lowest BCUT2D eigenvalue weighted by Crippen LogP contribution is -2.25. The first-order chi connectivity index (χ1) is 12.4. The number of hydrogen-bond donors (Lipinski definition) is 1. The average Bonchev–Trinajstić information content (AvgIpc) is 2.91. The van der Waals surface area contributed by atoms with E-state index < -0.39 is 17.6 Å². The van der Waals surface area contributed by atoms with Gasteiger partial charge in [0.25, 0.3) is 5.91 Å². The molecule has 26 heavy (non-hydrogen) atoms. The topological polar surface area (TPSA) is 45.2 Å². The number of pyridine rings is 1. The van der Waals surface area contributed by atoms with E-state index in [4.69, 9.17) is 0 Å². The summed E-state index contributed by atoms with van der Waals surface area (Å²) in [5.41, 5.74) is -0.912. The molecule has 1 aromatic carbocycles. The third-order valence-electron chi connectivity index (χ3n) is 4.42. The van der Waals surface area contributed by atoms with Crippen molar-refractivity contribution in [3.8, 4) is 0 Å². The van der Waals surface area contributed by atoms with Gasteiger partial charge >= 0.3 is 6.18 Å². The Kier molecular flexibility index (Phi) is 5.44. The maximum Gasteiger partial charge on any atom is 0.418 e. The van der Waals surface area contributed by atoms with Crippen LogP contribution in [0.5, 0.6) is 0 Å². The van der Waals surface area contributed by atoms with Crippen LogP contribution in [0.1, 0.15) is 41.6 Å². The summed E-state index contributed by atoms with van der Waals surface area (Å²) in [6.45, 7) is 1.86. The van der Waals surface area contributed by atoms with Crippen LogP contribution >= 0.6 is 0 Å². The number of halogens is 3. The second-order valence-corrected chi connectivity index (χ2v) is 6.30. The van der Waals surface area contributed by atoms with Gasteiger partial charge in [0, 0.05) is 19.3 Å². The van der Waals surface area contributed by atoms with Crippen molar-refractivity contribution in [3.05, 3.63) is 53.7 Å². The van der Waals surface area contributed by atoms with Crippen molar-refractivity contribution in [2.24, 2.45) is 0 Å². The molecule has 0 unspecified atom stereocenters. The Hall–Kier alpha value is -2.57. The lowest BCUT2D eigenvalue weighted by atomic mass is 10.1. The molecule has 4 nitrogen and oxygen atoms in total. The van der Waals surface area contributed by atoms with E-state index in [-0.39, 0.29) is 11.3 Å². The van der Waals surface area contributed by atoms with Gasteiger partial charge in [0.2, 0.25) is 0 Å². The van der Waals surface area contributed by atoms with Crippen molar-refractivity contribution >= 4 is 17.4 Å². The summed E-state index contributed by atoms with van der Waals surface area (Å²) in [4.78, 5) is 18.8. The molecule has 1 N–H and O–H groups in total. The first-order valence-electron chi connectivity index (χ1n) is 8.64. The second kappa shape index (κ2) is 7.76. The van der Waals surface area contributed by atoms with Crippen LogP contribution < -0.4 is 10.2 Å². The molecule has 138 valence electrons. The predicted molar refractivity (Wildman–Crippen MR) is 94.3 cm³/mol. The third-order valence-corrected chi connectivity index (χ3v) is 4.42. The number of nitrogens with one attached hydrogen (secondary N) is 1. The SMILES string of the molecule is O=C(Nc1ccccc1C(F)(F)F)c1ccc(N2CCCCCC2)nc1.